The van der Waals surface area contributed by atoms with Gasteiger partial charge < -0.3 is 9.88 Å². The molecule has 1 aromatic rings. The maximum absolute atomic E-state index is 12.2. The molecule has 0 aliphatic rings. The highest BCUT2D eigenvalue weighted by molar-refractivity contribution is 5.32. The number of rotatable bonds is 6. The van der Waals surface area contributed by atoms with E-state index in [4.69, 9.17) is 0 Å². The Balaban J connectivity index is 2.93. The van der Waals surface area contributed by atoms with Gasteiger partial charge in [-0.25, -0.2) is 4.98 Å². The fraction of sp³-hybridized carbons (Fsp3) is 0.714. The predicted molar refractivity (Wildman–Crippen MR) is 75.9 cm³/mol. The second-order valence-electron chi connectivity index (χ2n) is 5.53. The number of aromatic nitrogens is 2. The minimum absolute atomic E-state index is 0.0229. The Morgan fingerprint density at radius 1 is 1.33 bits per heavy atom. The average Bonchev–Trinajstić information content (AvgIpc) is 2.29. The molecule has 0 aromatic carbocycles. The van der Waals surface area contributed by atoms with Gasteiger partial charge in [0.05, 0.1) is 0 Å². The van der Waals surface area contributed by atoms with Crippen LogP contribution in [0.1, 0.15) is 41.0 Å². The fourth-order valence-corrected chi connectivity index (χ4v) is 2.00. The van der Waals surface area contributed by atoms with Gasteiger partial charge in [0, 0.05) is 25.0 Å². The van der Waals surface area contributed by atoms with Gasteiger partial charge in [-0.15, -0.1) is 0 Å². The normalized spacial score (nSPS) is 13.1. The van der Waals surface area contributed by atoms with Gasteiger partial charge in [0.15, 0.2) is 5.82 Å². The van der Waals surface area contributed by atoms with Crippen LogP contribution in [0.3, 0.4) is 0 Å². The molecular formula is C14H25N3O. The molecule has 102 valence electrons. The Hall–Kier alpha value is -1.32. The van der Waals surface area contributed by atoms with Crippen LogP contribution >= 0.6 is 0 Å². The van der Waals surface area contributed by atoms with E-state index in [-0.39, 0.29) is 5.56 Å². The van der Waals surface area contributed by atoms with Crippen LogP contribution in [0.25, 0.3) is 0 Å². The summed E-state index contributed by atoms with van der Waals surface area (Å²) in [6.45, 7) is 11.3. The summed E-state index contributed by atoms with van der Waals surface area (Å²) in [5, 5.41) is 3.27. The van der Waals surface area contributed by atoms with Crippen molar-refractivity contribution in [3.63, 3.8) is 0 Å². The molecule has 1 aromatic heterocycles. The summed E-state index contributed by atoms with van der Waals surface area (Å²) in [6.07, 6.45) is 4.43. The van der Waals surface area contributed by atoms with E-state index < -0.39 is 0 Å². The van der Waals surface area contributed by atoms with E-state index in [1.165, 1.54) is 0 Å². The molecule has 18 heavy (non-hydrogen) atoms. The molecule has 0 spiro atoms. The first kappa shape index (κ1) is 14.7. The maximum atomic E-state index is 12.2. The molecule has 0 bridgehead atoms. The summed E-state index contributed by atoms with van der Waals surface area (Å²) in [5.74, 6) is 1.40. The van der Waals surface area contributed by atoms with E-state index in [0.717, 1.165) is 13.0 Å². The van der Waals surface area contributed by atoms with Gasteiger partial charge in [0.25, 0.3) is 5.56 Å². The first-order valence-corrected chi connectivity index (χ1v) is 6.77. The Bertz CT molecular complexity index is 423. The monoisotopic (exact) mass is 251 g/mol. The van der Waals surface area contributed by atoms with Crippen molar-refractivity contribution < 1.29 is 0 Å². The lowest BCUT2D eigenvalue weighted by Gasteiger charge is -2.21. The minimum atomic E-state index is -0.0229. The standard InChI is InChI=1S/C14H25N3O/c1-6-12(11(4)5)16-13-14(18)17(8-7-15-13)9-10(2)3/h7-8,10-12H,6,9H2,1-5H3,(H,15,16). The van der Waals surface area contributed by atoms with Crippen LogP contribution in [0.15, 0.2) is 17.2 Å². The van der Waals surface area contributed by atoms with Crippen LogP contribution in [0.4, 0.5) is 5.82 Å². The zero-order valence-electron chi connectivity index (χ0n) is 12.1. The average molecular weight is 251 g/mol. The van der Waals surface area contributed by atoms with Crippen LogP contribution < -0.4 is 10.9 Å². The number of anilines is 1. The lowest BCUT2D eigenvalue weighted by atomic mass is 10.0. The molecule has 1 rings (SSSR count). The molecule has 0 saturated carbocycles. The summed E-state index contributed by atoms with van der Waals surface area (Å²) in [5.41, 5.74) is -0.0229. The van der Waals surface area contributed by atoms with Gasteiger partial charge >= 0.3 is 0 Å². The molecule has 1 atom stereocenters. The lowest BCUT2D eigenvalue weighted by Crippen LogP contribution is -2.32. The molecule has 4 nitrogen and oxygen atoms in total. The highest BCUT2D eigenvalue weighted by Gasteiger charge is 2.14. The summed E-state index contributed by atoms with van der Waals surface area (Å²) in [4.78, 5) is 16.4. The molecular weight excluding hydrogens is 226 g/mol. The number of hydrogen-bond acceptors (Lipinski definition) is 3. The first-order valence-electron chi connectivity index (χ1n) is 6.77. The van der Waals surface area contributed by atoms with Crippen molar-refractivity contribution >= 4 is 5.82 Å². The number of nitrogens with zero attached hydrogens (tertiary/aromatic N) is 2. The first-order chi connectivity index (χ1) is 8.45. The van der Waals surface area contributed by atoms with Crippen molar-refractivity contribution in [2.45, 2.75) is 53.6 Å². The quantitative estimate of drug-likeness (QED) is 0.845. The molecule has 4 heteroatoms. The molecule has 0 radical (unpaired) electrons. The van der Waals surface area contributed by atoms with Crippen LogP contribution in [-0.4, -0.2) is 15.6 Å². The van der Waals surface area contributed by atoms with E-state index in [9.17, 15) is 4.79 Å². The summed E-state index contributed by atoms with van der Waals surface area (Å²) >= 11 is 0. The maximum Gasteiger partial charge on any atom is 0.293 e. The van der Waals surface area contributed by atoms with Crippen molar-refractivity contribution in [1.29, 1.82) is 0 Å². The summed E-state index contributed by atoms with van der Waals surface area (Å²) < 4.78 is 1.73. The van der Waals surface area contributed by atoms with E-state index in [0.29, 0.717) is 23.7 Å². The third-order valence-corrected chi connectivity index (χ3v) is 3.04. The Morgan fingerprint density at radius 3 is 2.50 bits per heavy atom. The van der Waals surface area contributed by atoms with Crippen molar-refractivity contribution in [1.82, 2.24) is 9.55 Å². The van der Waals surface area contributed by atoms with Gasteiger partial charge in [-0.1, -0.05) is 34.6 Å². The highest BCUT2D eigenvalue weighted by Crippen LogP contribution is 2.10. The second-order valence-corrected chi connectivity index (χ2v) is 5.53. The molecule has 1 unspecified atom stereocenters. The lowest BCUT2D eigenvalue weighted by molar-refractivity contribution is 0.497. The van der Waals surface area contributed by atoms with Gasteiger partial charge in [-0.3, -0.25) is 4.79 Å². The topological polar surface area (TPSA) is 46.9 Å². The highest BCUT2D eigenvalue weighted by atomic mass is 16.1. The molecule has 0 saturated heterocycles. The van der Waals surface area contributed by atoms with Crippen LogP contribution in [0.5, 0.6) is 0 Å². The third kappa shape index (κ3) is 3.86. The van der Waals surface area contributed by atoms with Crippen molar-refractivity contribution in [3.05, 3.63) is 22.7 Å². The van der Waals surface area contributed by atoms with E-state index >= 15 is 0 Å². The largest absolute Gasteiger partial charge is 0.362 e. The van der Waals surface area contributed by atoms with Gasteiger partial charge in [0.2, 0.25) is 0 Å². The van der Waals surface area contributed by atoms with Crippen LogP contribution in [0, 0.1) is 11.8 Å². The summed E-state index contributed by atoms with van der Waals surface area (Å²) in [6, 6.07) is 0.292. The van der Waals surface area contributed by atoms with Crippen molar-refractivity contribution in [3.8, 4) is 0 Å². The zero-order valence-corrected chi connectivity index (χ0v) is 12.1. The molecule has 0 fully saturated rings. The Kier molecular flexibility index (Phi) is 5.38. The smallest absolute Gasteiger partial charge is 0.293 e. The van der Waals surface area contributed by atoms with Gasteiger partial charge in [-0.2, -0.15) is 0 Å². The number of nitrogens with one attached hydrogen (secondary N) is 1. The van der Waals surface area contributed by atoms with Gasteiger partial charge in [0.1, 0.15) is 0 Å². The minimum Gasteiger partial charge on any atom is -0.362 e. The Morgan fingerprint density at radius 2 is 2.00 bits per heavy atom. The van der Waals surface area contributed by atoms with E-state index in [1.807, 2.05) is 0 Å². The van der Waals surface area contributed by atoms with Crippen LogP contribution in [-0.2, 0) is 6.54 Å². The molecule has 1 heterocycles. The van der Waals surface area contributed by atoms with E-state index in [2.05, 4.69) is 44.9 Å². The zero-order chi connectivity index (χ0) is 13.7. The fourth-order valence-electron chi connectivity index (χ4n) is 2.00. The predicted octanol–water partition coefficient (Wildman–Crippen LogP) is 2.75. The molecule has 1 N–H and O–H groups in total. The Labute approximate surface area is 109 Å². The molecule has 0 amide bonds. The van der Waals surface area contributed by atoms with E-state index in [1.54, 1.807) is 17.0 Å². The summed E-state index contributed by atoms with van der Waals surface area (Å²) in [7, 11) is 0. The molecule has 0 aliphatic carbocycles. The second kappa shape index (κ2) is 6.57. The SMILES string of the molecule is CCC(Nc1nccn(CC(C)C)c1=O)C(C)C. The van der Waals surface area contributed by atoms with Gasteiger partial charge in [-0.05, 0) is 18.3 Å². The van der Waals surface area contributed by atoms with Crippen LogP contribution in [0.2, 0.25) is 0 Å². The number of hydrogen-bond donors (Lipinski definition) is 1. The van der Waals surface area contributed by atoms with Crippen molar-refractivity contribution in [2.75, 3.05) is 5.32 Å². The third-order valence-electron chi connectivity index (χ3n) is 3.04. The molecule has 0 aliphatic heterocycles. The van der Waals surface area contributed by atoms with Crippen molar-refractivity contribution in [2.24, 2.45) is 11.8 Å².